The molecule has 1 aromatic rings. The summed E-state index contributed by atoms with van der Waals surface area (Å²) >= 11 is 0. The number of aliphatic hydroxyl groups is 1. The highest BCUT2D eigenvalue weighted by molar-refractivity contribution is 7.89. The molecule has 2 aliphatic heterocycles. The smallest absolute Gasteiger partial charge is 0.245 e. The van der Waals surface area contributed by atoms with E-state index in [-0.39, 0.29) is 23.1 Å². The summed E-state index contributed by atoms with van der Waals surface area (Å²) < 4.78 is 27.1. The van der Waals surface area contributed by atoms with E-state index in [1.54, 1.807) is 23.5 Å². The lowest BCUT2D eigenvalue weighted by Crippen LogP contribution is -2.47. The van der Waals surface area contributed by atoms with E-state index >= 15 is 0 Å². The van der Waals surface area contributed by atoms with Crippen LogP contribution in [0.1, 0.15) is 25.7 Å². The fraction of sp³-hybridized carbons (Fsp3) is 0.615. The van der Waals surface area contributed by atoms with Gasteiger partial charge in [0.25, 0.3) is 0 Å². The number of aliphatic hydroxyl groups excluding tert-OH is 1. The van der Waals surface area contributed by atoms with Crippen LogP contribution in [0.4, 0.5) is 5.82 Å². The zero-order valence-electron chi connectivity index (χ0n) is 11.4. The molecule has 2 aliphatic rings. The van der Waals surface area contributed by atoms with Gasteiger partial charge in [-0.1, -0.05) is 0 Å². The summed E-state index contributed by atoms with van der Waals surface area (Å²) in [6.07, 6.45) is 3.77. The summed E-state index contributed by atoms with van der Waals surface area (Å²) in [5.74, 6) is 0.640. The monoisotopic (exact) mass is 297 g/mol. The van der Waals surface area contributed by atoms with Crippen molar-refractivity contribution in [3.63, 3.8) is 0 Å². The van der Waals surface area contributed by atoms with Crippen molar-refractivity contribution in [3.8, 4) is 0 Å². The van der Waals surface area contributed by atoms with E-state index < -0.39 is 10.0 Å². The molecule has 20 heavy (non-hydrogen) atoms. The number of rotatable bonds is 3. The lowest BCUT2D eigenvalue weighted by molar-refractivity contribution is 0.0768. The Morgan fingerprint density at radius 1 is 1.30 bits per heavy atom. The Kier molecular flexibility index (Phi) is 3.43. The first-order valence-electron chi connectivity index (χ1n) is 6.88. The summed E-state index contributed by atoms with van der Waals surface area (Å²) in [4.78, 5) is 4.30. The fourth-order valence-corrected chi connectivity index (χ4v) is 5.14. The standard InChI is InChI=1S/C13H19N3O3S/c1-14-13-5-4-12(8-15-13)20(18,19)16-9-2-3-10(16)7-11(17)6-9/h4-5,8-11,17H,2-3,6-7H2,1H3,(H,14,15). The molecule has 0 aliphatic carbocycles. The summed E-state index contributed by atoms with van der Waals surface area (Å²) in [5, 5.41) is 12.6. The molecular formula is C13H19N3O3S. The molecule has 0 saturated carbocycles. The van der Waals surface area contributed by atoms with E-state index in [4.69, 9.17) is 0 Å². The third-order valence-corrected chi connectivity index (χ3v) is 6.20. The summed E-state index contributed by atoms with van der Waals surface area (Å²) in [7, 11) is -1.78. The van der Waals surface area contributed by atoms with Crippen molar-refractivity contribution >= 4 is 15.8 Å². The SMILES string of the molecule is CNc1ccc(S(=O)(=O)N2C3CCC2CC(O)C3)cn1. The number of nitrogens with zero attached hydrogens (tertiary/aromatic N) is 2. The number of piperidine rings is 1. The van der Waals surface area contributed by atoms with Crippen molar-refractivity contribution in [1.29, 1.82) is 0 Å². The van der Waals surface area contributed by atoms with Crippen LogP contribution >= 0.6 is 0 Å². The molecule has 2 bridgehead atoms. The number of hydrogen-bond donors (Lipinski definition) is 2. The highest BCUT2D eigenvalue weighted by Gasteiger charge is 2.46. The van der Waals surface area contributed by atoms with Gasteiger partial charge in [-0.15, -0.1) is 0 Å². The molecule has 2 fully saturated rings. The van der Waals surface area contributed by atoms with Gasteiger partial charge in [-0.05, 0) is 37.8 Å². The first-order valence-corrected chi connectivity index (χ1v) is 8.32. The molecule has 2 atom stereocenters. The molecule has 2 saturated heterocycles. The second-order valence-electron chi connectivity index (χ2n) is 5.47. The van der Waals surface area contributed by atoms with Crippen LogP contribution in [0.25, 0.3) is 0 Å². The van der Waals surface area contributed by atoms with Crippen LogP contribution in [-0.4, -0.2) is 48.0 Å². The number of aromatic nitrogens is 1. The Morgan fingerprint density at radius 2 is 1.95 bits per heavy atom. The first kappa shape index (κ1) is 13.8. The highest BCUT2D eigenvalue weighted by Crippen LogP contribution is 2.39. The van der Waals surface area contributed by atoms with Crippen LogP contribution in [0.2, 0.25) is 0 Å². The van der Waals surface area contributed by atoms with Gasteiger partial charge in [0.15, 0.2) is 0 Å². The van der Waals surface area contributed by atoms with Crippen LogP contribution in [0.5, 0.6) is 0 Å². The molecule has 1 aromatic heterocycles. The van der Waals surface area contributed by atoms with Gasteiger partial charge >= 0.3 is 0 Å². The van der Waals surface area contributed by atoms with Crippen LogP contribution < -0.4 is 5.32 Å². The lowest BCUT2D eigenvalue weighted by Gasteiger charge is -2.35. The van der Waals surface area contributed by atoms with Crippen molar-refractivity contribution < 1.29 is 13.5 Å². The lowest BCUT2D eigenvalue weighted by atomic mass is 10.0. The Bertz CT molecular complexity index is 573. The molecule has 6 nitrogen and oxygen atoms in total. The number of hydrogen-bond acceptors (Lipinski definition) is 5. The topological polar surface area (TPSA) is 82.5 Å². The second-order valence-corrected chi connectivity index (χ2v) is 7.32. The van der Waals surface area contributed by atoms with Crippen LogP contribution in [0.3, 0.4) is 0 Å². The number of anilines is 1. The maximum absolute atomic E-state index is 12.7. The van der Waals surface area contributed by atoms with Gasteiger partial charge in [0.05, 0.1) is 6.10 Å². The molecule has 0 amide bonds. The average molecular weight is 297 g/mol. The number of sulfonamides is 1. The molecule has 7 heteroatoms. The summed E-state index contributed by atoms with van der Waals surface area (Å²) in [6.45, 7) is 0. The van der Waals surface area contributed by atoms with E-state index in [2.05, 4.69) is 10.3 Å². The number of pyridine rings is 1. The predicted octanol–water partition coefficient (Wildman–Crippen LogP) is 0.800. The average Bonchev–Trinajstić information content (AvgIpc) is 2.72. The zero-order chi connectivity index (χ0) is 14.3. The van der Waals surface area contributed by atoms with Gasteiger partial charge in [-0.25, -0.2) is 13.4 Å². The van der Waals surface area contributed by atoms with E-state index in [1.807, 2.05) is 0 Å². The van der Waals surface area contributed by atoms with Crippen molar-refractivity contribution in [2.75, 3.05) is 12.4 Å². The number of fused-ring (bicyclic) bond motifs is 2. The maximum Gasteiger partial charge on any atom is 0.245 e. The molecule has 0 spiro atoms. The molecule has 3 heterocycles. The third kappa shape index (κ3) is 2.19. The van der Waals surface area contributed by atoms with Gasteiger partial charge in [-0.3, -0.25) is 0 Å². The third-order valence-electron chi connectivity index (χ3n) is 4.21. The van der Waals surface area contributed by atoms with Gasteiger partial charge in [0.1, 0.15) is 10.7 Å². The molecule has 2 N–H and O–H groups in total. The van der Waals surface area contributed by atoms with E-state index in [0.29, 0.717) is 18.7 Å². The van der Waals surface area contributed by atoms with Crippen molar-refractivity contribution in [3.05, 3.63) is 18.3 Å². The molecule has 0 aromatic carbocycles. The zero-order valence-corrected chi connectivity index (χ0v) is 12.2. The normalized spacial score (nSPS) is 30.4. The predicted molar refractivity (Wildman–Crippen MR) is 74.9 cm³/mol. The van der Waals surface area contributed by atoms with Crippen molar-refractivity contribution in [2.45, 2.75) is 48.8 Å². The van der Waals surface area contributed by atoms with Gasteiger partial charge in [0, 0.05) is 25.3 Å². The van der Waals surface area contributed by atoms with E-state index in [0.717, 1.165) is 12.8 Å². The summed E-state index contributed by atoms with van der Waals surface area (Å²) in [6, 6.07) is 3.10. The van der Waals surface area contributed by atoms with Gasteiger partial charge < -0.3 is 10.4 Å². The van der Waals surface area contributed by atoms with Crippen LogP contribution in [0.15, 0.2) is 23.2 Å². The minimum absolute atomic E-state index is 0.0715. The van der Waals surface area contributed by atoms with Gasteiger partial charge in [0.2, 0.25) is 10.0 Å². The molecule has 2 unspecified atom stereocenters. The minimum atomic E-state index is -3.51. The molecular weight excluding hydrogens is 278 g/mol. The molecule has 3 rings (SSSR count). The van der Waals surface area contributed by atoms with Crippen LogP contribution in [-0.2, 0) is 10.0 Å². The largest absolute Gasteiger partial charge is 0.393 e. The quantitative estimate of drug-likeness (QED) is 0.862. The fourth-order valence-electron chi connectivity index (χ4n) is 3.30. The Morgan fingerprint density at radius 3 is 2.45 bits per heavy atom. The maximum atomic E-state index is 12.7. The Balaban J connectivity index is 1.92. The molecule has 0 radical (unpaired) electrons. The Hall–Kier alpha value is -1.18. The number of nitrogens with one attached hydrogen (secondary N) is 1. The van der Waals surface area contributed by atoms with Crippen molar-refractivity contribution in [2.24, 2.45) is 0 Å². The minimum Gasteiger partial charge on any atom is -0.393 e. The van der Waals surface area contributed by atoms with Gasteiger partial charge in [-0.2, -0.15) is 4.31 Å². The summed E-state index contributed by atoms with van der Waals surface area (Å²) in [5.41, 5.74) is 0. The second kappa shape index (κ2) is 4.98. The van der Waals surface area contributed by atoms with Crippen molar-refractivity contribution in [1.82, 2.24) is 9.29 Å². The molecule has 110 valence electrons. The van der Waals surface area contributed by atoms with E-state index in [9.17, 15) is 13.5 Å². The van der Waals surface area contributed by atoms with E-state index in [1.165, 1.54) is 6.20 Å². The first-order chi connectivity index (χ1) is 9.52. The highest BCUT2D eigenvalue weighted by atomic mass is 32.2. The Labute approximate surface area is 118 Å². The van der Waals surface area contributed by atoms with Crippen LogP contribution in [0, 0.1) is 0 Å².